The van der Waals surface area contributed by atoms with E-state index < -0.39 is 0 Å². The predicted octanol–water partition coefficient (Wildman–Crippen LogP) is 2.15. The Morgan fingerprint density at radius 2 is 2.00 bits per heavy atom. The lowest BCUT2D eigenvalue weighted by molar-refractivity contribution is -0.131. The van der Waals surface area contributed by atoms with Crippen molar-refractivity contribution in [2.75, 3.05) is 7.05 Å². The molecule has 0 bridgehead atoms. The summed E-state index contributed by atoms with van der Waals surface area (Å²) in [5.41, 5.74) is 2.85. The number of benzene rings is 1. The van der Waals surface area contributed by atoms with Gasteiger partial charge in [0.1, 0.15) is 17.6 Å². The standard InChI is InChI=1S/C14H14N4OS/c1-17(14(19)10-18-6-2-3-7-18)9-11-4-5-12-13(8-11)16-20-15-12/h2-8H,9-10H2,1H3. The molecule has 0 fully saturated rings. The first kappa shape index (κ1) is 12.8. The third-order valence-electron chi connectivity index (χ3n) is 3.15. The molecule has 0 N–H and O–H groups in total. The fourth-order valence-electron chi connectivity index (χ4n) is 2.04. The van der Waals surface area contributed by atoms with E-state index in [1.165, 1.54) is 11.7 Å². The Balaban J connectivity index is 1.68. The monoisotopic (exact) mass is 286 g/mol. The highest BCUT2D eigenvalue weighted by atomic mass is 32.1. The average molecular weight is 286 g/mol. The summed E-state index contributed by atoms with van der Waals surface area (Å²) in [6.45, 7) is 0.942. The molecular weight excluding hydrogens is 272 g/mol. The van der Waals surface area contributed by atoms with Crippen LogP contribution in [0.25, 0.3) is 11.0 Å². The van der Waals surface area contributed by atoms with E-state index in [4.69, 9.17) is 0 Å². The minimum atomic E-state index is 0.0812. The molecule has 0 atom stereocenters. The van der Waals surface area contributed by atoms with Crippen molar-refractivity contribution in [3.05, 3.63) is 48.3 Å². The zero-order valence-electron chi connectivity index (χ0n) is 11.1. The third kappa shape index (κ3) is 2.70. The SMILES string of the molecule is CN(Cc1ccc2nsnc2c1)C(=O)Cn1cccc1. The van der Waals surface area contributed by atoms with Gasteiger partial charge in [-0.15, -0.1) is 0 Å². The van der Waals surface area contributed by atoms with Crippen LogP contribution in [0.1, 0.15) is 5.56 Å². The molecule has 0 aliphatic heterocycles. The minimum Gasteiger partial charge on any atom is -0.345 e. The summed E-state index contributed by atoms with van der Waals surface area (Å²) in [5, 5.41) is 0. The van der Waals surface area contributed by atoms with E-state index in [2.05, 4.69) is 8.75 Å². The number of likely N-dealkylation sites (N-methyl/N-ethyl adjacent to an activating group) is 1. The van der Waals surface area contributed by atoms with E-state index in [9.17, 15) is 4.79 Å². The van der Waals surface area contributed by atoms with E-state index in [-0.39, 0.29) is 5.91 Å². The maximum absolute atomic E-state index is 12.1. The molecule has 3 aromatic rings. The average Bonchev–Trinajstić information content (AvgIpc) is 3.08. The molecule has 3 rings (SSSR count). The van der Waals surface area contributed by atoms with E-state index in [0.29, 0.717) is 13.1 Å². The van der Waals surface area contributed by atoms with Crippen molar-refractivity contribution < 1.29 is 4.79 Å². The number of hydrogen-bond acceptors (Lipinski definition) is 4. The molecule has 2 heterocycles. The Bertz CT molecular complexity index is 720. The van der Waals surface area contributed by atoms with Gasteiger partial charge in [-0.2, -0.15) is 8.75 Å². The number of carbonyl (C=O) groups is 1. The van der Waals surface area contributed by atoms with Gasteiger partial charge in [-0.1, -0.05) is 6.07 Å². The summed E-state index contributed by atoms with van der Waals surface area (Å²) in [6, 6.07) is 9.74. The Labute approximate surface area is 120 Å². The van der Waals surface area contributed by atoms with Gasteiger partial charge < -0.3 is 9.47 Å². The molecule has 1 aromatic carbocycles. The maximum Gasteiger partial charge on any atom is 0.242 e. The molecule has 0 aliphatic carbocycles. The van der Waals surface area contributed by atoms with Gasteiger partial charge in [0.15, 0.2) is 0 Å². The molecule has 20 heavy (non-hydrogen) atoms. The number of amides is 1. The van der Waals surface area contributed by atoms with Crippen LogP contribution < -0.4 is 0 Å². The Hall–Kier alpha value is -2.21. The first-order chi connectivity index (χ1) is 9.72. The summed E-state index contributed by atoms with van der Waals surface area (Å²) in [6.07, 6.45) is 3.78. The predicted molar refractivity (Wildman–Crippen MR) is 78.3 cm³/mol. The molecule has 102 valence electrons. The van der Waals surface area contributed by atoms with Crippen LogP contribution in [0, 0.1) is 0 Å². The van der Waals surface area contributed by atoms with E-state index >= 15 is 0 Å². The quantitative estimate of drug-likeness (QED) is 0.738. The molecule has 0 unspecified atom stereocenters. The molecule has 5 nitrogen and oxygen atoms in total. The van der Waals surface area contributed by atoms with E-state index in [0.717, 1.165) is 16.6 Å². The summed E-state index contributed by atoms with van der Waals surface area (Å²) in [4.78, 5) is 13.8. The Kier molecular flexibility index (Phi) is 3.47. The summed E-state index contributed by atoms with van der Waals surface area (Å²) < 4.78 is 10.3. The molecule has 0 radical (unpaired) electrons. The lowest BCUT2D eigenvalue weighted by Gasteiger charge is -2.17. The first-order valence-electron chi connectivity index (χ1n) is 6.28. The van der Waals surface area contributed by atoms with Crippen LogP contribution in [-0.2, 0) is 17.9 Å². The lowest BCUT2D eigenvalue weighted by Crippen LogP contribution is -2.29. The number of rotatable bonds is 4. The lowest BCUT2D eigenvalue weighted by atomic mass is 10.2. The van der Waals surface area contributed by atoms with Crippen LogP contribution in [0.4, 0.5) is 0 Å². The van der Waals surface area contributed by atoms with E-state index in [1.807, 2.05) is 54.3 Å². The fraction of sp³-hybridized carbons (Fsp3) is 0.214. The van der Waals surface area contributed by atoms with Crippen LogP contribution in [0.5, 0.6) is 0 Å². The largest absolute Gasteiger partial charge is 0.345 e. The van der Waals surface area contributed by atoms with Crippen LogP contribution in [0.15, 0.2) is 42.7 Å². The van der Waals surface area contributed by atoms with Crippen molar-refractivity contribution >= 4 is 28.7 Å². The van der Waals surface area contributed by atoms with Crippen LogP contribution in [0.2, 0.25) is 0 Å². The maximum atomic E-state index is 12.1. The highest BCUT2D eigenvalue weighted by Gasteiger charge is 2.10. The molecule has 0 saturated carbocycles. The number of nitrogens with zero attached hydrogens (tertiary/aromatic N) is 4. The van der Waals surface area contributed by atoms with Gasteiger partial charge in [0.25, 0.3) is 0 Å². The highest BCUT2D eigenvalue weighted by molar-refractivity contribution is 7.00. The highest BCUT2D eigenvalue weighted by Crippen LogP contribution is 2.14. The summed E-state index contributed by atoms with van der Waals surface area (Å²) in [5.74, 6) is 0.0812. The normalized spacial score (nSPS) is 10.8. The number of hydrogen-bond donors (Lipinski definition) is 0. The molecule has 6 heteroatoms. The topological polar surface area (TPSA) is 51.0 Å². The van der Waals surface area contributed by atoms with Crippen LogP contribution in [-0.4, -0.2) is 31.2 Å². The first-order valence-corrected chi connectivity index (χ1v) is 7.01. The Morgan fingerprint density at radius 3 is 2.80 bits per heavy atom. The molecular formula is C14H14N4OS. The summed E-state index contributed by atoms with van der Waals surface area (Å²) >= 11 is 1.21. The van der Waals surface area contributed by atoms with Gasteiger partial charge in [-0.05, 0) is 29.8 Å². The van der Waals surface area contributed by atoms with Gasteiger partial charge in [0.05, 0.1) is 11.7 Å². The van der Waals surface area contributed by atoms with Gasteiger partial charge in [-0.25, -0.2) is 0 Å². The number of carbonyl (C=O) groups excluding carboxylic acids is 1. The third-order valence-corrected chi connectivity index (χ3v) is 3.70. The molecule has 1 amide bonds. The molecule has 0 saturated heterocycles. The van der Waals surface area contributed by atoms with E-state index in [1.54, 1.807) is 4.90 Å². The number of fused-ring (bicyclic) bond motifs is 1. The van der Waals surface area contributed by atoms with Crippen LogP contribution >= 0.6 is 11.7 Å². The van der Waals surface area contributed by atoms with Gasteiger partial charge in [-0.3, -0.25) is 4.79 Å². The second kappa shape index (κ2) is 5.42. The number of aromatic nitrogens is 3. The zero-order valence-corrected chi connectivity index (χ0v) is 11.9. The van der Waals surface area contributed by atoms with Crippen molar-refractivity contribution in [3.8, 4) is 0 Å². The molecule has 2 aromatic heterocycles. The van der Waals surface area contributed by atoms with Crippen molar-refractivity contribution in [2.24, 2.45) is 0 Å². The van der Waals surface area contributed by atoms with Gasteiger partial charge >= 0.3 is 0 Å². The second-order valence-corrected chi connectivity index (χ2v) is 5.22. The van der Waals surface area contributed by atoms with Crippen LogP contribution in [0.3, 0.4) is 0 Å². The van der Waals surface area contributed by atoms with Gasteiger partial charge in [0, 0.05) is 26.0 Å². The fourth-order valence-corrected chi connectivity index (χ4v) is 2.56. The molecule has 0 spiro atoms. The smallest absolute Gasteiger partial charge is 0.242 e. The Morgan fingerprint density at radius 1 is 1.25 bits per heavy atom. The van der Waals surface area contributed by atoms with Crippen molar-refractivity contribution in [1.82, 2.24) is 18.2 Å². The van der Waals surface area contributed by atoms with Crippen molar-refractivity contribution in [3.63, 3.8) is 0 Å². The van der Waals surface area contributed by atoms with Gasteiger partial charge in [0.2, 0.25) is 5.91 Å². The van der Waals surface area contributed by atoms with Crippen molar-refractivity contribution in [2.45, 2.75) is 13.1 Å². The summed E-state index contributed by atoms with van der Waals surface area (Å²) in [7, 11) is 1.81. The van der Waals surface area contributed by atoms with Crippen molar-refractivity contribution in [1.29, 1.82) is 0 Å². The second-order valence-electron chi connectivity index (χ2n) is 4.69. The zero-order chi connectivity index (χ0) is 13.9. The minimum absolute atomic E-state index is 0.0812. The molecule has 0 aliphatic rings.